The van der Waals surface area contributed by atoms with E-state index in [0.717, 1.165) is 25.9 Å². The van der Waals surface area contributed by atoms with Gasteiger partial charge in [0.25, 0.3) is 0 Å². The van der Waals surface area contributed by atoms with Crippen molar-refractivity contribution in [1.82, 2.24) is 9.62 Å². The van der Waals surface area contributed by atoms with Crippen LogP contribution in [-0.4, -0.2) is 44.2 Å². The van der Waals surface area contributed by atoms with Crippen molar-refractivity contribution in [2.24, 2.45) is 0 Å². The maximum absolute atomic E-state index is 11.4. The Hall–Kier alpha value is -0.130. The van der Waals surface area contributed by atoms with Crippen LogP contribution in [-0.2, 0) is 10.0 Å². The van der Waals surface area contributed by atoms with Crippen LogP contribution in [0.1, 0.15) is 19.3 Å². The summed E-state index contributed by atoms with van der Waals surface area (Å²) in [5, 5.41) is 3.32. The van der Waals surface area contributed by atoms with Crippen molar-refractivity contribution in [1.29, 1.82) is 0 Å². The Morgan fingerprint density at radius 3 is 2.77 bits per heavy atom. The summed E-state index contributed by atoms with van der Waals surface area (Å²) in [4.78, 5) is 0. The molecular formula is C8H16N2O2S. The predicted octanol–water partition coefficient (Wildman–Crippen LogP) is -0.226. The summed E-state index contributed by atoms with van der Waals surface area (Å²) in [6, 6.07) is 0.396. The summed E-state index contributed by atoms with van der Waals surface area (Å²) in [5.74, 6) is 0.347. The van der Waals surface area contributed by atoms with Gasteiger partial charge in [0.1, 0.15) is 0 Å². The smallest absolute Gasteiger partial charge is 0.214 e. The molecule has 0 aromatic carbocycles. The van der Waals surface area contributed by atoms with Crippen LogP contribution in [0.4, 0.5) is 0 Å². The lowest BCUT2D eigenvalue weighted by Gasteiger charge is -2.18. The molecule has 0 saturated carbocycles. The van der Waals surface area contributed by atoms with Gasteiger partial charge in [0, 0.05) is 19.1 Å². The van der Waals surface area contributed by atoms with Crippen LogP contribution in [0, 0.1) is 0 Å². The van der Waals surface area contributed by atoms with E-state index in [1.807, 2.05) is 0 Å². The van der Waals surface area contributed by atoms with Gasteiger partial charge in [-0.2, -0.15) is 0 Å². The van der Waals surface area contributed by atoms with E-state index < -0.39 is 10.0 Å². The SMILES string of the molecule is O=S1(=O)CCCN1C[C@@H]1CCCN1. The molecule has 0 unspecified atom stereocenters. The largest absolute Gasteiger partial charge is 0.313 e. The Bertz CT molecular complexity index is 270. The second kappa shape index (κ2) is 3.55. The van der Waals surface area contributed by atoms with Crippen molar-refractivity contribution in [3.8, 4) is 0 Å². The normalized spacial score (nSPS) is 34.0. The fraction of sp³-hybridized carbons (Fsp3) is 1.00. The fourth-order valence-electron chi connectivity index (χ4n) is 2.05. The first-order chi connectivity index (χ1) is 6.18. The van der Waals surface area contributed by atoms with Gasteiger partial charge in [0.15, 0.2) is 0 Å². The molecule has 2 fully saturated rings. The zero-order chi connectivity index (χ0) is 9.31. The summed E-state index contributed by atoms with van der Waals surface area (Å²) in [6.45, 7) is 2.45. The van der Waals surface area contributed by atoms with Gasteiger partial charge in [-0.15, -0.1) is 0 Å². The molecule has 2 saturated heterocycles. The van der Waals surface area contributed by atoms with Crippen LogP contribution in [0.3, 0.4) is 0 Å². The van der Waals surface area contributed by atoms with Gasteiger partial charge in [-0.25, -0.2) is 12.7 Å². The van der Waals surface area contributed by atoms with Gasteiger partial charge in [-0.1, -0.05) is 0 Å². The van der Waals surface area contributed by atoms with E-state index in [4.69, 9.17) is 0 Å². The number of nitrogens with zero attached hydrogens (tertiary/aromatic N) is 1. The quantitative estimate of drug-likeness (QED) is 0.676. The third-order valence-corrected chi connectivity index (χ3v) is 4.71. The van der Waals surface area contributed by atoms with Crippen molar-refractivity contribution in [2.75, 3.05) is 25.4 Å². The van der Waals surface area contributed by atoms with Gasteiger partial charge in [0.2, 0.25) is 10.0 Å². The number of sulfonamides is 1. The molecule has 2 heterocycles. The summed E-state index contributed by atoms with van der Waals surface area (Å²) in [6.07, 6.45) is 3.10. The van der Waals surface area contributed by atoms with Gasteiger partial charge in [-0.3, -0.25) is 0 Å². The highest BCUT2D eigenvalue weighted by molar-refractivity contribution is 7.89. The molecule has 0 aromatic heterocycles. The minimum absolute atomic E-state index is 0.347. The van der Waals surface area contributed by atoms with Crippen molar-refractivity contribution in [3.05, 3.63) is 0 Å². The van der Waals surface area contributed by atoms with Crippen LogP contribution in [0.15, 0.2) is 0 Å². The highest BCUT2D eigenvalue weighted by atomic mass is 32.2. The first-order valence-electron chi connectivity index (χ1n) is 4.90. The Balaban J connectivity index is 1.94. The first-order valence-corrected chi connectivity index (χ1v) is 6.50. The van der Waals surface area contributed by atoms with E-state index in [1.165, 1.54) is 6.42 Å². The summed E-state index contributed by atoms with van der Waals surface area (Å²) >= 11 is 0. The Labute approximate surface area is 79.4 Å². The third kappa shape index (κ3) is 2.03. The third-order valence-electron chi connectivity index (χ3n) is 2.79. The van der Waals surface area contributed by atoms with Crippen molar-refractivity contribution < 1.29 is 8.42 Å². The van der Waals surface area contributed by atoms with E-state index in [1.54, 1.807) is 4.31 Å². The molecular weight excluding hydrogens is 188 g/mol. The minimum Gasteiger partial charge on any atom is -0.313 e. The van der Waals surface area contributed by atoms with Crippen molar-refractivity contribution in [3.63, 3.8) is 0 Å². The second-order valence-corrected chi connectivity index (χ2v) is 5.91. The summed E-state index contributed by atoms with van der Waals surface area (Å²) < 4.78 is 24.5. The zero-order valence-electron chi connectivity index (χ0n) is 7.70. The Kier molecular flexibility index (Phi) is 2.58. The van der Waals surface area contributed by atoms with Crippen molar-refractivity contribution >= 4 is 10.0 Å². The molecule has 0 amide bonds. The molecule has 0 spiro atoms. The fourth-order valence-corrected chi connectivity index (χ4v) is 3.62. The lowest BCUT2D eigenvalue weighted by Crippen LogP contribution is -2.38. The molecule has 0 bridgehead atoms. The average Bonchev–Trinajstić information content (AvgIpc) is 2.63. The molecule has 0 radical (unpaired) electrons. The second-order valence-electron chi connectivity index (χ2n) is 3.82. The molecule has 0 aliphatic carbocycles. The van der Waals surface area contributed by atoms with E-state index in [2.05, 4.69) is 5.32 Å². The van der Waals surface area contributed by atoms with Crippen LogP contribution < -0.4 is 5.32 Å². The van der Waals surface area contributed by atoms with E-state index >= 15 is 0 Å². The average molecular weight is 204 g/mol. The van der Waals surface area contributed by atoms with Crippen LogP contribution in [0.5, 0.6) is 0 Å². The number of nitrogens with one attached hydrogen (secondary N) is 1. The van der Waals surface area contributed by atoms with E-state index in [9.17, 15) is 8.42 Å². The standard InChI is InChI=1S/C8H16N2O2S/c11-13(12)6-2-5-10(13)7-8-3-1-4-9-8/h8-9H,1-7H2/t8-/m0/s1. The molecule has 2 rings (SSSR count). The Morgan fingerprint density at radius 2 is 2.23 bits per heavy atom. The highest BCUT2D eigenvalue weighted by Gasteiger charge is 2.30. The van der Waals surface area contributed by atoms with Crippen LogP contribution >= 0.6 is 0 Å². The number of hydrogen-bond acceptors (Lipinski definition) is 3. The molecule has 2 aliphatic heterocycles. The maximum atomic E-state index is 11.4. The van der Waals surface area contributed by atoms with Crippen LogP contribution in [0.2, 0.25) is 0 Å². The van der Waals surface area contributed by atoms with E-state index in [-0.39, 0.29) is 0 Å². The summed E-state index contributed by atoms with van der Waals surface area (Å²) in [7, 11) is -2.88. The van der Waals surface area contributed by atoms with Gasteiger partial charge in [0.05, 0.1) is 5.75 Å². The first kappa shape index (κ1) is 9.43. The number of rotatable bonds is 2. The molecule has 13 heavy (non-hydrogen) atoms. The molecule has 2 aliphatic rings. The molecule has 5 heteroatoms. The number of hydrogen-bond donors (Lipinski definition) is 1. The highest BCUT2D eigenvalue weighted by Crippen LogP contribution is 2.16. The molecule has 4 nitrogen and oxygen atoms in total. The lowest BCUT2D eigenvalue weighted by atomic mass is 10.2. The zero-order valence-corrected chi connectivity index (χ0v) is 8.52. The van der Waals surface area contributed by atoms with Crippen LogP contribution in [0.25, 0.3) is 0 Å². The topological polar surface area (TPSA) is 49.4 Å². The predicted molar refractivity (Wildman–Crippen MR) is 51.0 cm³/mol. The molecule has 0 aromatic rings. The monoisotopic (exact) mass is 204 g/mol. The van der Waals surface area contributed by atoms with Crippen molar-refractivity contribution in [2.45, 2.75) is 25.3 Å². The van der Waals surface area contributed by atoms with E-state index in [0.29, 0.717) is 18.3 Å². The Morgan fingerprint density at radius 1 is 1.38 bits per heavy atom. The van der Waals surface area contributed by atoms with Gasteiger partial charge in [-0.05, 0) is 25.8 Å². The minimum atomic E-state index is -2.88. The maximum Gasteiger partial charge on any atom is 0.214 e. The molecule has 1 atom stereocenters. The van der Waals surface area contributed by atoms with Gasteiger partial charge < -0.3 is 5.32 Å². The molecule has 1 N–H and O–H groups in total. The lowest BCUT2D eigenvalue weighted by molar-refractivity contribution is 0.394. The molecule has 76 valence electrons. The summed E-state index contributed by atoms with van der Waals surface area (Å²) in [5.41, 5.74) is 0. The van der Waals surface area contributed by atoms with Gasteiger partial charge >= 0.3 is 0 Å².